The van der Waals surface area contributed by atoms with Crippen LogP contribution in [0.15, 0.2) is 0 Å². The van der Waals surface area contributed by atoms with Gasteiger partial charge in [0.25, 0.3) is 0 Å². The minimum Gasteiger partial charge on any atom is -0.300 e. The van der Waals surface area contributed by atoms with Crippen molar-refractivity contribution in [2.45, 2.75) is 45.1 Å². The summed E-state index contributed by atoms with van der Waals surface area (Å²) in [5, 5.41) is 0. The summed E-state index contributed by atoms with van der Waals surface area (Å²) < 4.78 is 0. The van der Waals surface area contributed by atoms with Crippen LogP contribution in [0.1, 0.15) is 39.0 Å². The number of hydrogen-bond acceptors (Lipinski definition) is 2. The van der Waals surface area contributed by atoms with E-state index in [1.807, 2.05) is 0 Å². The molecule has 2 unspecified atom stereocenters. The van der Waals surface area contributed by atoms with Crippen LogP contribution in [0, 0.1) is 5.92 Å². The highest BCUT2D eigenvalue weighted by Gasteiger charge is 2.28. The van der Waals surface area contributed by atoms with Crippen molar-refractivity contribution in [3.63, 3.8) is 0 Å². The summed E-state index contributed by atoms with van der Waals surface area (Å²) in [6.07, 6.45) is 5.69. The van der Waals surface area contributed by atoms with Gasteiger partial charge in [-0.25, -0.2) is 0 Å². The normalized spacial score (nSPS) is 36.8. The van der Waals surface area contributed by atoms with E-state index in [9.17, 15) is 4.79 Å². The second-order valence-electron chi connectivity index (χ2n) is 4.65. The number of ketones is 1. The summed E-state index contributed by atoms with van der Waals surface area (Å²) in [7, 11) is 0. The number of piperidine rings is 1. The maximum Gasteiger partial charge on any atom is 0.135 e. The van der Waals surface area contributed by atoms with Crippen LogP contribution in [0.2, 0.25) is 0 Å². The van der Waals surface area contributed by atoms with Crippen LogP contribution in [0.25, 0.3) is 0 Å². The Labute approximate surface area is 80.3 Å². The zero-order valence-corrected chi connectivity index (χ0v) is 8.46. The number of Topliss-reactive ketones (excluding diaryl/α,β-unsaturated/α-hetero) is 1. The van der Waals surface area contributed by atoms with E-state index in [2.05, 4.69) is 11.8 Å². The Morgan fingerprint density at radius 3 is 2.46 bits per heavy atom. The smallest absolute Gasteiger partial charge is 0.135 e. The maximum absolute atomic E-state index is 11.1. The minimum atomic E-state index is 0.460. The van der Waals surface area contributed by atoms with Crippen LogP contribution in [-0.2, 0) is 4.79 Å². The SMILES string of the molecule is CC1CCC(N2CCC(=O)CC2)C1. The van der Waals surface area contributed by atoms with Crippen molar-refractivity contribution in [2.24, 2.45) is 5.92 Å². The van der Waals surface area contributed by atoms with Crippen LogP contribution < -0.4 is 0 Å². The fourth-order valence-corrected chi connectivity index (χ4v) is 2.65. The van der Waals surface area contributed by atoms with Gasteiger partial charge in [0.15, 0.2) is 0 Å². The summed E-state index contributed by atoms with van der Waals surface area (Å²) in [6, 6.07) is 0.795. The van der Waals surface area contributed by atoms with Gasteiger partial charge in [0.2, 0.25) is 0 Å². The minimum absolute atomic E-state index is 0.460. The van der Waals surface area contributed by atoms with E-state index in [1.54, 1.807) is 0 Å². The lowest BCUT2D eigenvalue weighted by Crippen LogP contribution is -2.40. The van der Waals surface area contributed by atoms with Crippen LogP contribution >= 0.6 is 0 Å². The molecule has 2 nitrogen and oxygen atoms in total. The zero-order chi connectivity index (χ0) is 9.26. The Bertz CT molecular complexity index is 192. The number of nitrogens with zero attached hydrogens (tertiary/aromatic N) is 1. The summed E-state index contributed by atoms with van der Waals surface area (Å²) in [5.41, 5.74) is 0. The lowest BCUT2D eigenvalue weighted by molar-refractivity contribution is -0.121. The average molecular weight is 181 g/mol. The molecule has 0 radical (unpaired) electrons. The Morgan fingerprint density at radius 2 is 1.92 bits per heavy atom. The van der Waals surface area contributed by atoms with E-state index in [-0.39, 0.29) is 0 Å². The third-order valence-electron chi connectivity index (χ3n) is 3.54. The van der Waals surface area contributed by atoms with Gasteiger partial charge < -0.3 is 0 Å². The highest BCUT2D eigenvalue weighted by molar-refractivity contribution is 5.79. The molecule has 0 amide bonds. The summed E-state index contributed by atoms with van der Waals surface area (Å²) >= 11 is 0. The standard InChI is InChI=1S/C11H19NO/c1-9-2-3-10(8-9)12-6-4-11(13)5-7-12/h9-10H,2-8H2,1H3. The van der Waals surface area contributed by atoms with E-state index in [0.29, 0.717) is 5.78 Å². The van der Waals surface area contributed by atoms with Crippen molar-refractivity contribution in [3.05, 3.63) is 0 Å². The summed E-state index contributed by atoms with van der Waals surface area (Å²) in [6.45, 7) is 4.39. The Balaban J connectivity index is 1.84. The second kappa shape index (κ2) is 3.79. The molecule has 0 aromatic rings. The Hall–Kier alpha value is -0.370. The van der Waals surface area contributed by atoms with Crippen molar-refractivity contribution in [3.8, 4) is 0 Å². The fourth-order valence-electron chi connectivity index (χ4n) is 2.65. The molecule has 2 rings (SSSR count). The third kappa shape index (κ3) is 2.11. The molecule has 74 valence electrons. The predicted octanol–water partition coefficient (Wildman–Crippen LogP) is 1.84. The molecule has 0 bridgehead atoms. The number of carbonyl (C=O) groups is 1. The van der Waals surface area contributed by atoms with E-state index in [4.69, 9.17) is 0 Å². The molecule has 0 aromatic carbocycles. The molecule has 2 atom stereocenters. The maximum atomic E-state index is 11.1. The molecule has 2 aliphatic rings. The third-order valence-corrected chi connectivity index (χ3v) is 3.54. The fraction of sp³-hybridized carbons (Fsp3) is 0.909. The van der Waals surface area contributed by atoms with Gasteiger partial charge in [-0.3, -0.25) is 9.69 Å². The van der Waals surface area contributed by atoms with Crippen molar-refractivity contribution >= 4 is 5.78 Å². The zero-order valence-electron chi connectivity index (χ0n) is 8.46. The number of hydrogen-bond donors (Lipinski definition) is 0. The first-order valence-electron chi connectivity index (χ1n) is 5.51. The first-order valence-corrected chi connectivity index (χ1v) is 5.51. The van der Waals surface area contributed by atoms with Gasteiger partial charge in [-0.15, -0.1) is 0 Å². The van der Waals surface area contributed by atoms with Gasteiger partial charge in [0, 0.05) is 32.0 Å². The molecular weight excluding hydrogens is 162 g/mol. The van der Waals surface area contributed by atoms with Gasteiger partial charge in [-0.2, -0.15) is 0 Å². The lowest BCUT2D eigenvalue weighted by atomic mass is 10.1. The van der Waals surface area contributed by atoms with Gasteiger partial charge in [-0.05, 0) is 25.2 Å². The van der Waals surface area contributed by atoms with Gasteiger partial charge >= 0.3 is 0 Å². The van der Waals surface area contributed by atoms with Crippen molar-refractivity contribution in [2.75, 3.05) is 13.1 Å². The van der Waals surface area contributed by atoms with Crippen molar-refractivity contribution < 1.29 is 4.79 Å². The number of carbonyl (C=O) groups excluding carboxylic acids is 1. The monoisotopic (exact) mass is 181 g/mol. The molecule has 1 aliphatic heterocycles. The first kappa shape index (κ1) is 9.20. The molecule has 1 saturated carbocycles. The number of likely N-dealkylation sites (tertiary alicyclic amines) is 1. The second-order valence-corrected chi connectivity index (χ2v) is 4.65. The molecule has 1 aliphatic carbocycles. The molecule has 2 heteroatoms. The van der Waals surface area contributed by atoms with Gasteiger partial charge in [0.05, 0.1) is 0 Å². The molecule has 2 fully saturated rings. The van der Waals surface area contributed by atoms with E-state index < -0.39 is 0 Å². The molecule has 1 saturated heterocycles. The average Bonchev–Trinajstić information content (AvgIpc) is 2.53. The first-order chi connectivity index (χ1) is 6.25. The largest absolute Gasteiger partial charge is 0.300 e. The van der Waals surface area contributed by atoms with E-state index >= 15 is 0 Å². The molecule has 0 spiro atoms. The van der Waals surface area contributed by atoms with Crippen LogP contribution in [0.3, 0.4) is 0 Å². The van der Waals surface area contributed by atoms with Crippen LogP contribution in [0.4, 0.5) is 0 Å². The molecular formula is C11H19NO. The van der Waals surface area contributed by atoms with E-state index in [0.717, 1.165) is 37.9 Å². The lowest BCUT2D eigenvalue weighted by Gasteiger charge is -2.31. The van der Waals surface area contributed by atoms with Gasteiger partial charge in [-0.1, -0.05) is 6.92 Å². The molecule has 13 heavy (non-hydrogen) atoms. The quantitative estimate of drug-likeness (QED) is 0.615. The molecule has 0 N–H and O–H groups in total. The summed E-state index contributed by atoms with van der Waals surface area (Å²) in [4.78, 5) is 13.6. The van der Waals surface area contributed by atoms with Crippen LogP contribution in [-0.4, -0.2) is 29.8 Å². The highest BCUT2D eigenvalue weighted by Crippen LogP contribution is 2.29. The van der Waals surface area contributed by atoms with Gasteiger partial charge in [0.1, 0.15) is 5.78 Å². The van der Waals surface area contributed by atoms with Crippen LogP contribution in [0.5, 0.6) is 0 Å². The predicted molar refractivity (Wildman–Crippen MR) is 52.6 cm³/mol. The van der Waals surface area contributed by atoms with E-state index in [1.165, 1.54) is 19.3 Å². The Kier molecular flexibility index (Phi) is 2.68. The topological polar surface area (TPSA) is 20.3 Å². The number of rotatable bonds is 1. The summed E-state index contributed by atoms with van der Waals surface area (Å²) in [5.74, 6) is 1.37. The van der Waals surface area contributed by atoms with Crippen molar-refractivity contribution in [1.82, 2.24) is 4.90 Å². The highest BCUT2D eigenvalue weighted by atomic mass is 16.1. The molecule has 1 heterocycles. The Morgan fingerprint density at radius 1 is 1.23 bits per heavy atom. The molecule has 0 aromatic heterocycles. The van der Waals surface area contributed by atoms with Crippen molar-refractivity contribution in [1.29, 1.82) is 0 Å².